The fourth-order valence-electron chi connectivity index (χ4n) is 1.61. The van der Waals surface area contributed by atoms with Crippen molar-refractivity contribution in [3.05, 3.63) is 0 Å². The van der Waals surface area contributed by atoms with Crippen molar-refractivity contribution in [3.63, 3.8) is 0 Å². The van der Waals surface area contributed by atoms with Gasteiger partial charge in [0.1, 0.15) is 0 Å². The van der Waals surface area contributed by atoms with Crippen LogP contribution in [0.4, 0.5) is 0 Å². The summed E-state index contributed by atoms with van der Waals surface area (Å²) in [6.45, 7) is 10.3. The Morgan fingerprint density at radius 3 is 2.44 bits per heavy atom. The molecule has 1 N–H and O–H groups in total. The number of nitrogens with one attached hydrogen (secondary N) is 1. The predicted octanol–water partition coefficient (Wildman–Crippen LogP) is 2.22. The van der Waals surface area contributed by atoms with Crippen molar-refractivity contribution in [2.45, 2.75) is 52.2 Å². The molecule has 110 valence electrons. The summed E-state index contributed by atoms with van der Waals surface area (Å²) in [5.41, 5.74) is 0. The third-order valence-electron chi connectivity index (χ3n) is 2.58. The highest BCUT2D eigenvalue weighted by Gasteiger charge is 2.08. The molecule has 18 heavy (non-hydrogen) atoms. The van der Waals surface area contributed by atoms with E-state index in [4.69, 9.17) is 14.2 Å². The van der Waals surface area contributed by atoms with E-state index in [1.54, 1.807) is 7.11 Å². The van der Waals surface area contributed by atoms with Crippen LogP contribution >= 0.6 is 0 Å². The molecule has 0 heterocycles. The Labute approximate surface area is 112 Å². The molecule has 0 aromatic heterocycles. The van der Waals surface area contributed by atoms with E-state index < -0.39 is 0 Å². The highest BCUT2D eigenvalue weighted by atomic mass is 16.5. The van der Waals surface area contributed by atoms with Crippen LogP contribution in [0.1, 0.15) is 40.0 Å². The molecule has 0 rings (SSSR count). The summed E-state index contributed by atoms with van der Waals surface area (Å²) in [7, 11) is 1.71. The van der Waals surface area contributed by atoms with E-state index in [2.05, 4.69) is 26.1 Å². The molecule has 0 aromatic carbocycles. The zero-order valence-corrected chi connectivity index (χ0v) is 12.5. The lowest BCUT2D eigenvalue weighted by molar-refractivity contribution is -0.00211. The molecule has 0 aliphatic carbocycles. The maximum atomic E-state index is 5.82. The minimum Gasteiger partial charge on any atom is -0.385 e. The smallest absolute Gasteiger partial charge is 0.0704 e. The molecule has 0 saturated heterocycles. The van der Waals surface area contributed by atoms with Crippen molar-refractivity contribution < 1.29 is 14.2 Å². The Bertz CT molecular complexity index is 165. The highest BCUT2D eigenvalue weighted by Crippen LogP contribution is 2.01. The van der Waals surface area contributed by atoms with E-state index in [0.717, 1.165) is 39.0 Å². The van der Waals surface area contributed by atoms with E-state index in [0.29, 0.717) is 25.4 Å². The molecule has 0 bridgehead atoms. The van der Waals surface area contributed by atoms with Gasteiger partial charge in [-0.3, -0.25) is 0 Å². The van der Waals surface area contributed by atoms with Crippen LogP contribution in [0, 0.1) is 0 Å². The van der Waals surface area contributed by atoms with Crippen molar-refractivity contribution in [2.75, 3.05) is 40.1 Å². The van der Waals surface area contributed by atoms with Gasteiger partial charge in [0.15, 0.2) is 0 Å². The van der Waals surface area contributed by atoms with Crippen LogP contribution in [0.2, 0.25) is 0 Å². The third-order valence-corrected chi connectivity index (χ3v) is 2.58. The summed E-state index contributed by atoms with van der Waals surface area (Å²) < 4.78 is 16.2. The second-order valence-corrected chi connectivity index (χ2v) is 4.80. The first kappa shape index (κ1) is 17.8. The molecular weight excluding hydrogens is 230 g/mol. The van der Waals surface area contributed by atoms with Crippen molar-refractivity contribution in [2.24, 2.45) is 0 Å². The van der Waals surface area contributed by atoms with Crippen LogP contribution in [-0.4, -0.2) is 52.2 Å². The minimum absolute atomic E-state index is 0.306. The van der Waals surface area contributed by atoms with Gasteiger partial charge in [-0.1, -0.05) is 27.2 Å². The summed E-state index contributed by atoms with van der Waals surface area (Å²) in [6, 6.07) is 0.512. The average molecular weight is 261 g/mol. The van der Waals surface area contributed by atoms with Gasteiger partial charge < -0.3 is 19.5 Å². The van der Waals surface area contributed by atoms with Gasteiger partial charge in [-0.25, -0.2) is 0 Å². The van der Waals surface area contributed by atoms with E-state index in [-0.39, 0.29) is 0 Å². The number of methoxy groups -OCH3 is 1. The van der Waals surface area contributed by atoms with Crippen molar-refractivity contribution in [3.8, 4) is 0 Å². The summed E-state index contributed by atoms with van der Waals surface area (Å²) in [5, 5.41) is 3.42. The topological polar surface area (TPSA) is 39.7 Å². The molecule has 4 nitrogen and oxygen atoms in total. The molecule has 0 saturated carbocycles. The fraction of sp³-hybridized carbons (Fsp3) is 1.00. The van der Waals surface area contributed by atoms with E-state index in [1.807, 2.05) is 0 Å². The van der Waals surface area contributed by atoms with Crippen molar-refractivity contribution in [1.29, 1.82) is 0 Å². The molecule has 0 aliphatic heterocycles. The van der Waals surface area contributed by atoms with Crippen LogP contribution in [0.15, 0.2) is 0 Å². The number of hydrogen-bond donors (Lipinski definition) is 1. The molecule has 0 aromatic rings. The zero-order valence-electron chi connectivity index (χ0n) is 12.5. The quantitative estimate of drug-likeness (QED) is 0.516. The molecule has 4 heteroatoms. The van der Waals surface area contributed by atoms with Crippen LogP contribution in [0.3, 0.4) is 0 Å². The third kappa shape index (κ3) is 12.3. The minimum atomic E-state index is 0.306. The number of ether oxygens (including phenoxy) is 3. The van der Waals surface area contributed by atoms with Crippen molar-refractivity contribution in [1.82, 2.24) is 5.32 Å². The predicted molar refractivity (Wildman–Crippen MR) is 75.1 cm³/mol. The normalized spacial score (nSPS) is 13.2. The first-order chi connectivity index (χ1) is 8.70. The summed E-state index contributed by atoms with van der Waals surface area (Å²) in [6.07, 6.45) is 3.51. The second-order valence-electron chi connectivity index (χ2n) is 4.80. The highest BCUT2D eigenvalue weighted by molar-refractivity contribution is 4.63. The Morgan fingerprint density at radius 1 is 1.06 bits per heavy atom. The Balaban J connectivity index is 3.45. The van der Waals surface area contributed by atoms with Gasteiger partial charge in [0, 0.05) is 32.9 Å². The maximum Gasteiger partial charge on any atom is 0.0704 e. The van der Waals surface area contributed by atoms with E-state index in [9.17, 15) is 0 Å². The maximum absolute atomic E-state index is 5.82. The van der Waals surface area contributed by atoms with E-state index >= 15 is 0 Å². The molecule has 1 atom stereocenters. The first-order valence-electron chi connectivity index (χ1n) is 7.12. The summed E-state index contributed by atoms with van der Waals surface area (Å²) in [5.74, 6) is 0. The van der Waals surface area contributed by atoms with Crippen LogP contribution in [0.5, 0.6) is 0 Å². The van der Waals surface area contributed by atoms with Gasteiger partial charge in [-0.15, -0.1) is 0 Å². The average Bonchev–Trinajstić information content (AvgIpc) is 2.34. The van der Waals surface area contributed by atoms with Gasteiger partial charge in [0.05, 0.1) is 19.3 Å². The fourth-order valence-corrected chi connectivity index (χ4v) is 1.61. The second kappa shape index (κ2) is 13.3. The lowest BCUT2D eigenvalue weighted by Gasteiger charge is -2.19. The monoisotopic (exact) mass is 261 g/mol. The Hall–Kier alpha value is -0.160. The molecule has 0 spiro atoms. The van der Waals surface area contributed by atoms with Gasteiger partial charge in [0.25, 0.3) is 0 Å². The number of rotatable bonds is 13. The van der Waals surface area contributed by atoms with Gasteiger partial charge in [-0.2, -0.15) is 0 Å². The molecule has 0 radical (unpaired) electrons. The molecule has 0 fully saturated rings. The van der Waals surface area contributed by atoms with Gasteiger partial charge >= 0.3 is 0 Å². The van der Waals surface area contributed by atoms with Crippen LogP contribution in [0.25, 0.3) is 0 Å². The molecule has 0 amide bonds. The number of hydrogen-bond acceptors (Lipinski definition) is 4. The van der Waals surface area contributed by atoms with Gasteiger partial charge in [0.2, 0.25) is 0 Å². The van der Waals surface area contributed by atoms with Crippen LogP contribution < -0.4 is 5.32 Å². The summed E-state index contributed by atoms with van der Waals surface area (Å²) >= 11 is 0. The summed E-state index contributed by atoms with van der Waals surface area (Å²) in [4.78, 5) is 0. The largest absolute Gasteiger partial charge is 0.385 e. The Morgan fingerprint density at radius 2 is 1.83 bits per heavy atom. The lowest BCUT2D eigenvalue weighted by atomic mass is 10.2. The Kier molecular flexibility index (Phi) is 13.2. The van der Waals surface area contributed by atoms with Crippen molar-refractivity contribution >= 4 is 0 Å². The lowest BCUT2D eigenvalue weighted by Crippen LogP contribution is -2.34. The molecular formula is C14H31NO3. The molecule has 1 unspecified atom stereocenters. The molecule has 0 aliphatic rings. The SMILES string of the molecule is CCCC(CNC(C)C)OCCOCCCOC. The van der Waals surface area contributed by atoms with Crippen LogP contribution in [-0.2, 0) is 14.2 Å². The van der Waals surface area contributed by atoms with E-state index in [1.165, 1.54) is 0 Å². The standard InChI is InChI=1S/C14H31NO3/c1-5-7-14(12-15-13(2)3)18-11-10-17-9-6-8-16-4/h13-15H,5-12H2,1-4H3. The zero-order chi connectivity index (χ0) is 13.6. The first-order valence-corrected chi connectivity index (χ1v) is 7.12. The van der Waals surface area contributed by atoms with Gasteiger partial charge in [-0.05, 0) is 12.8 Å².